The van der Waals surface area contributed by atoms with Crippen LogP contribution in [0.1, 0.15) is 37.7 Å². The summed E-state index contributed by atoms with van der Waals surface area (Å²) in [4.78, 5) is 14.9. The van der Waals surface area contributed by atoms with Crippen LogP contribution in [0.3, 0.4) is 0 Å². The first-order valence-corrected chi connectivity index (χ1v) is 9.21. The highest BCUT2D eigenvalue weighted by molar-refractivity contribution is 5.80. The lowest BCUT2D eigenvalue weighted by Gasteiger charge is -2.34. The number of nitriles is 1. The van der Waals surface area contributed by atoms with Crippen LogP contribution >= 0.6 is 0 Å². The van der Waals surface area contributed by atoms with Gasteiger partial charge in [-0.3, -0.25) is 9.69 Å². The minimum Gasteiger partial charge on any atom is -0.329 e. The summed E-state index contributed by atoms with van der Waals surface area (Å²) in [7, 11) is 0. The van der Waals surface area contributed by atoms with Crippen molar-refractivity contribution in [3.05, 3.63) is 46.2 Å². The van der Waals surface area contributed by atoms with Gasteiger partial charge in [-0.1, -0.05) is 25.3 Å². The van der Waals surface area contributed by atoms with Crippen molar-refractivity contribution >= 4 is 10.9 Å². The average Bonchev–Trinajstić information content (AvgIpc) is 2.66. The quantitative estimate of drug-likeness (QED) is 0.878. The van der Waals surface area contributed by atoms with Gasteiger partial charge in [-0.25, -0.2) is 0 Å². The van der Waals surface area contributed by atoms with Crippen LogP contribution in [0.4, 0.5) is 0 Å². The summed E-state index contributed by atoms with van der Waals surface area (Å²) < 4.78 is 1.79. The Labute approximate surface area is 148 Å². The Morgan fingerprint density at radius 3 is 2.64 bits per heavy atom. The third kappa shape index (κ3) is 4.09. The molecular formula is C20H26N4O. The van der Waals surface area contributed by atoms with E-state index < -0.39 is 0 Å². The zero-order valence-corrected chi connectivity index (χ0v) is 14.7. The van der Waals surface area contributed by atoms with Gasteiger partial charge in [0.15, 0.2) is 0 Å². The number of nitrogens with zero attached hydrogens (tertiary/aromatic N) is 3. The summed E-state index contributed by atoms with van der Waals surface area (Å²) in [6.07, 6.45) is 6.34. The van der Waals surface area contributed by atoms with Crippen molar-refractivity contribution in [3.63, 3.8) is 0 Å². The molecule has 0 amide bonds. The summed E-state index contributed by atoms with van der Waals surface area (Å²) in [6, 6.07) is 11.7. The van der Waals surface area contributed by atoms with E-state index in [4.69, 9.17) is 11.0 Å². The van der Waals surface area contributed by atoms with Gasteiger partial charge in [0.2, 0.25) is 0 Å². The molecule has 3 rings (SSSR count). The molecule has 1 aromatic heterocycles. The Morgan fingerprint density at radius 1 is 1.16 bits per heavy atom. The van der Waals surface area contributed by atoms with Gasteiger partial charge in [-0.05, 0) is 36.4 Å². The standard InChI is InChI=1S/C20H26N4O/c21-10-11-23(18-4-2-1-3-5-18)12-13-24-19-14-16(15-22)6-7-17(19)8-9-20(24)25/h6-9,14,18H,1-5,10-13,21H2. The lowest BCUT2D eigenvalue weighted by atomic mass is 9.94. The third-order valence-corrected chi connectivity index (χ3v) is 5.24. The number of fused-ring (bicyclic) bond motifs is 1. The van der Waals surface area contributed by atoms with Crippen LogP contribution < -0.4 is 11.3 Å². The highest BCUT2D eigenvalue weighted by Gasteiger charge is 2.20. The normalized spacial score (nSPS) is 15.6. The van der Waals surface area contributed by atoms with Gasteiger partial charge in [-0.2, -0.15) is 5.26 Å². The third-order valence-electron chi connectivity index (χ3n) is 5.24. The molecule has 5 heteroatoms. The highest BCUT2D eigenvalue weighted by Crippen LogP contribution is 2.22. The number of benzene rings is 1. The van der Waals surface area contributed by atoms with Crippen molar-refractivity contribution < 1.29 is 0 Å². The van der Waals surface area contributed by atoms with Crippen molar-refractivity contribution in [2.75, 3.05) is 19.6 Å². The molecule has 0 spiro atoms. The molecule has 0 saturated heterocycles. The minimum absolute atomic E-state index is 0.0149. The fourth-order valence-electron chi connectivity index (χ4n) is 3.91. The molecule has 0 bridgehead atoms. The van der Waals surface area contributed by atoms with Crippen molar-refractivity contribution in [2.45, 2.75) is 44.7 Å². The molecule has 0 aliphatic heterocycles. The second-order valence-electron chi connectivity index (χ2n) is 6.83. The SMILES string of the molecule is N#Cc1ccc2ccc(=O)n(CCN(CCN)C3CCCCC3)c2c1. The van der Waals surface area contributed by atoms with Gasteiger partial charge < -0.3 is 10.3 Å². The van der Waals surface area contributed by atoms with Crippen LogP contribution in [-0.4, -0.2) is 35.1 Å². The number of hydrogen-bond acceptors (Lipinski definition) is 4. The monoisotopic (exact) mass is 338 g/mol. The molecule has 2 aromatic rings. The lowest BCUT2D eigenvalue weighted by molar-refractivity contribution is 0.155. The van der Waals surface area contributed by atoms with Crippen molar-refractivity contribution in [1.82, 2.24) is 9.47 Å². The molecule has 0 atom stereocenters. The molecule has 1 saturated carbocycles. The van der Waals surface area contributed by atoms with Crippen LogP contribution in [0.25, 0.3) is 10.9 Å². The molecule has 5 nitrogen and oxygen atoms in total. The number of aromatic nitrogens is 1. The van der Waals surface area contributed by atoms with E-state index in [2.05, 4.69) is 11.0 Å². The fourth-order valence-corrected chi connectivity index (χ4v) is 3.91. The summed E-state index contributed by atoms with van der Waals surface area (Å²) in [6.45, 7) is 2.95. The Balaban J connectivity index is 1.84. The molecule has 1 fully saturated rings. The molecule has 25 heavy (non-hydrogen) atoms. The summed E-state index contributed by atoms with van der Waals surface area (Å²) in [5.41, 5.74) is 7.22. The minimum atomic E-state index is -0.0149. The predicted molar refractivity (Wildman–Crippen MR) is 100 cm³/mol. The lowest BCUT2D eigenvalue weighted by Crippen LogP contribution is -2.42. The first kappa shape index (κ1) is 17.7. The number of hydrogen-bond donors (Lipinski definition) is 1. The van der Waals surface area contributed by atoms with E-state index in [0.29, 0.717) is 24.7 Å². The van der Waals surface area contributed by atoms with E-state index in [1.807, 2.05) is 18.2 Å². The van der Waals surface area contributed by atoms with Crippen LogP contribution in [0, 0.1) is 11.3 Å². The highest BCUT2D eigenvalue weighted by atomic mass is 16.1. The zero-order valence-electron chi connectivity index (χ0n) is 14.7. The first-order chi connectivity index (χ1) is 12.2. The van der Waals surface area contributed by atoms with Crippen LogP contribution in [0.5, 0.6) is 0 Å². The summed E-state index contributed by atoms with van der Waals surface area (Å²) in [5.74, 6) is 0. The molecule has 1 aliphatic carbocycles. The van der Waals surface area contributed by atoms with Crippen molar-refractivity contribution in [2.24, 2.45) is 5.73 Å². The van der Waals surface area contributed by atoms with Crippen LogP contribution in [0.2, 0.25) is 0 Å². The van der Waals surface area contributed by atoms with Crippen LogP contribution in [-0.2, 0) is 6.54 Å². The number of rotatable bonds is 6. The van der Waals surface area contributed by atoms with Gasteiger partial charge in [0.25, 0.3) is 5.56 Å². The summed E-state index contributed by atoms with van der Waals surface area (Å²) >= 11 is 0. The molecule has 0 radical (unpaired) electrons. The Bertz CT molecular complexity index is 815. The van der Waals surface area contributed by atoms with E-state index in [-0.39, 0.29) is 5.56 Å². The van der Waals surface area contributed by atoms with E-state index in [1.165, 1.54) is 32.1 Å². The van der Waals surface area contributed by atoms with Gasteiger partial charge >= 0.3 is 0 Å². The molecular weight excluding hydrogens is 312 g/mol. The first-order valence-electron chi connectivity index (χ1n) is 9.21. The number of pyridine rings is 1. The maximum Gasteiger partial charge on any atom is 0.251 e. The van der Waals surface area contributed by atoms with Crippen LogP contribution in [0.15, 0.2) is 35.1 Å². The summed E-state index contributed by atoms with van der Waals surface area (Å²) in [5, 5.41) is 10.1. The van der Waals surface area contributed by atoms with E-state index >= 15 is 0 Å². The van der Waals surface area contributed by atoms with Crippen molar-refractivity contribution in [3.8, 4) is 6.07 Å². The second-order valence-corrected chi connectivity index (χ2v) is 6.83. The topological polar surface area (TPSA) is 75.0 Å². The van der Waals surface area contributed by atoms with Gasteiger partial charge in [-0.15, -0.1) is 0 Å². The maximum atomic E-state index is 12.4. The predicted octanol–water partition coefficient (Wildman–Crippen LogP) is 2.47. The average molecular weight is 338 g/mol. The molecule has 132 valence electrons. The molecule has 0 unspecified atom stereocenters. The Kier molecular flexibility index (Phi) is 5.85. The van der Waals surface area contributed by atoms with Gasteiger partial charge in [0, 0.05) is 38.3 Å². The second kappa shape index (κ2) is 8.28. The molecule has 2 N–H and O–H groups in total. The fraction of sp³-hybridized carbons (Fsp3) is 0.500. The van der Waals surface area contributed by atoms with Gasteiger partial charge in [0.1, 0.15) is 0 Å². The maximum absolute atomic E-state index is 12.4. The Hall–Kier alpha value is -2.16. The molecule has 1 heterocycles. The molecule has 1 aliphatic rings. The van der Waals surface area contributed by atoms with E-state index in [0.717, 1.165) is 24.0 Å². The smallest absolute Gasteiger partial charge is 0.251 e. The van der Waals surface area contributed by atoms with E-state index in [9.17, 15) is 4.79 Å². The number of nitrogens with two attached hydrogens (primary N) is 1. The molecule has 1 aromatic carbocycles. The van der Waals surface area contributed by atoms with Crippen molar-refractivity contribution in [1.29, 1.82) is 5.26 Å². The largest absolute Gasteiger partial charge is 0.329 e. The zero-order chi connectivity index (χ0) is 17.6. The van der Waals surface area contributed by atoms with E-state index in [1.54, 1.807) is 16.7 Å². The Morgan fingerprint density at radius 2 is 1.92 bits per heavy atom. The van der Waals surface area contributed by atoms with Gasteiger partial charge in [0.05, 0.1) is 17.1 Å².